The van der Waals surface area contributed by atoms with Crippen molar-refractivity contribution >= 4 is 10.0 Å². The summed E-state index contributed by atoms with van der Waals surface area (Å²) in [5.74, 6) is 0.112. The van der Waals surface area contributed by atoms with Crippen LogP contribution < -0.4 is 15.2 Å². The van der Waals surface area contributed by atoms with E-state index >= 15 is 0 Å². The fourth-order valence-electron chi connectivity index (χ4n) is 4.71. The summed E-state index contributed by atoms with van der Waals surface area (Å²) in [6.07, 6.45) is -3.51. The van der Waals surface area contributed by atoms with Crippen molar-refractivity contribution in [2.45, 2.75) is 63.0 Å². The Labute approximate surface area is 246 Å². The van der Waals surface area contributed by atoms with Crippen LogP contribution in [0.15, 0.2) is 83.8 Å². The molecule has 0 saturated carbocycles. The van der Waals surface area contributed by atoms with E-state index in [9.17, 15) is 30.4 Å². The van der Waals surface area contributed by atoms with Crippen LogP contribution in [0.1, 0.15) is 48.3 Å². The molecule has 3 N–H and O–H groups in total. The zero-order chi connectivity index (χ0) is 31.2. The van der Waals surface area contributed by atoms with Gasteiger partial charge in [0.25, 0.3) is 0 Å². The molecule has 0 aliphatic carbocycles. The van der Waals surface area contributed by atoms with E-state index in [0.717, 1.165) is 6.42 Å². The van der Waals surface area contributed by atoms with Gasteiger partial charge in [-0.15, -0.1) is 0 Å². The molecule has 0 fully saturated rings. The number of hydrogen-bond donors (Lipinski definition) is 2. The normalized spacial score (nSPS) is 12.9. The van der Waals surface area contributed by atoms with Crippen molar-refractivity contribution in [3.05, 3.63) is 101 Å². The summed E-state index contributed by atoms with van der Waals surface area (Å²) < 4.78 is 98.1. The molecule has 230 valence electrons. The summed E-state index contributed by atoms with van der Waals surface area (Å²) in [6, 6.07) is 19.4. The molecule has 4 rings (SSSR count). The Kier molecular flexibility index (Phi) is 10.2. The highest BCUT2D eigenvalue weighted by atomic mass is 32.2. The smallest absolute Gasteiger partial charge is 0.435 e. The Bertz CT molecular complexity index is 1590. The van der Waals surface area contributed by atoms with E-state index in [1.165, 1.54) is 36.4 Å². The molecule has 3 aromatic carbocycles. The summed E-state index contributed by atoms with van der Waals surface area (Å²) in [4.78, 5) is 4.01. The van der Waals surface area contributed by atoms with Crippen LogP contribution in [0.25, 0.3) is 11.4 Å². The maximum Gasteiger partial charge on any atom is 0.435 e. The summed E-state index contributed by atoms with van der Waals surface area (Å²) in [5.41, 5.74) is 0.707. The second-order valence-electron chi connectivity index (χ2n) is 9.87. The maximum atomic E-state index is 14.4. The van der Waals surface area contributed by atoms with E-state index in [1.54, 1.807) is 47.0 Å². The molecule has 1 aromatic heterocycles. The maximum absolute atomic E-state index is 14.4. The number of alkyl halides is 5. The molecule has 1 atom stereocenters. The molecule has 0 spiro atoms. The highest BCUT2D eigenvalue weighted by Crippen LogP contribution is 2.37. The molecule has 13 heteroatoms. The quantitative estimate of drug-likeness (QED) is 0.162. The molecule has 0 bridgehead atoms. The Morgan fingerprint density at radius 2 is 1.63 bits per heavy atom. The number of rotatable bonds is 13. The fourth-order valence-corrected chi connectivity index (χ4v) is 5.22. The summed E-state index contributed by atoms with van der Waals surface area (Å²) in [7, 11) is -3.90. The molecule has 0 amide bonds. The predicted octanol–water partition coefficient (Wildman–Crippen LogP) is 6.69. The van der Waals surface area contributed by atoms with Gasteiger partial charge >= 0.3 is 12.8 Å². The van der Waals surface area contributed by atoms with Gasteiger partial charge in [0.05, 0.1) is 10.6 Å². The average molecular weight is 623 g/mol. The first-order valence-electron chi connectivity index (χ1n) is 13.5. The van der Waals surface area contributed by atoms with Crippen molar-refractivity contribution in [1.82, 2.24) is 14.9 Å². The van der Waals surface area contributed by atoms with E-state index in [4.69, 9.17) is 5.14 Å². The third-order valence-corrected chi connectivity index (χ3v) is 7.75. The van der Waals surface area contributed by atoms with Gasteiger partial charge in [-0.2, -0.15) is 22.0 Å². The number of nitrogens with zero attached hydrogens (tertiary/aromatic N) is 2. The lowest BCUT2D eigenvalue weighted by Gasteiger charge is -2.22. The number of sulfonamides is 1. The Hall–Kier alpha value is -3.81. The SMILES string of the molecule is CCCCn1c(-c2ccccc2)nc(C(F)(F)F)c1CC(NCc1ccc(S(N)(=O)=O)cc1)c1ccc(OC(F)F)cc1. The van der Waals surface area contributed by atoms with Gasteiger partial charge in [-0.1, -0.05) is 67.9 Å². The van der Waals surface area contributed by atoms with E-state index in [1.807, 2.05) is 6.92 Å². The second kappa shape index (κ2) is 13.7. The van der Waals surface area contributed by atoms with E-state index in [2.05, 4.69) is 15.0 Å². The Morgan fingerprint density at radius 1 is 0.977 bits per heavy atom. The molecule has 0 aliphatic rings. The Balaban J connectivity index is 1.76. The van der Waals surface area contributed by atoms with Gasteiger partial charge in [0, 0.05) is 31.1 Å². The van der Waals surface area contributed by atoms with Crippen LogP contribution in [0.3, 0.4) is 0 Å². The van der Waals surface area contributed by atoms with Gasteiger partial charge in [-0.05, 0) is 41.8 Å². The van der Waals surface area contributed by atoms with Crippen molar-refractivity contribution in [1.29, 1.82) is 0 Å². The zero-order valence-electron chi connectivity index (χ0n) is 23.2. The molecule has 7 nitrogen and oxygen atoms in total. The first-order chi connectivity index (χ1) is 20.4. The van der Waals surface area contributed by atoms with Gasteiger partial charge in [0.1, 0.15) is 11.6 Å². The first-order valence-corrected chi connectivity index (χ1v) is 15.0. The van der Waals surface area contributed by atoms with Crippen LogP contribution in [0.4, 0.5) is 22.0 Å². The minimum absolute atomic E-state index is 0.0187. The summed E-state index contributed by atoms with van der Waals surface area (Å²) in [5, 5.41) is 8.43. The molecule has 0 radical (unpaired) electrons. The topological polar surface area (TPSA) is 99.2 Å². The molecule has 0 saturated heterocycles. The van der Waals surface area contributed by atoms with Crippen molar-refractivity contribution in [3.8, 4) is 17.1 Å². The predicted molar refractivity (Wildman–Crippen MR) is 152 cm³/mol. The van der Waals surface area contributed by atoms with Crippen LogP contribution in [0.2, 0.25) is 0 Å². The number of nitrogens with two attached hydrogens (primary N) is 1. The van der Waals surface area contributed by atoms with Crippen LogP contribution >= 0.6 is 0 Å². The van der Waals surface area contributed by atoms with Crippen LogP contribution in [-0.4, -0.2) is 24.6 Å². The van der Waals surface area contributed by atoms with Gasteiger partial charge in [0.15, 0.2) is 5.69 Å². The highest BCUT2D eigenvalue weighted by molar-refractivity contribution is 7.89. The molecule has 43 heavy (non-hydrogen) atoms. The van der Waals surface area contributed by atoms with Gasteiger partial charge in [0.2, 0.25) is 10.0 Å². The van der Waals surface area contributed by atoms with Crippen molar-refractivity contribution in [2.24, 2.45) is 5.14 Å². The number of unbranched alkanes of at least 4 members (excludes halogenated alkanes) is 1. The number of benzene rings is 3. The van der Waals surface area contributed by atoms with Gasteiger partial charge < -0.3 is 14.6 Å². The largest absolute Gasteiger partial charge is 0.435 e. The number of nitrogens with one attached hydrogen (secondary N) is 1. The fraction of sp³-hybridized carbons (Fsp3) is 0.300. The third kappa shape index (κ3) is 8.39. The van der Waals surface area contributed by atoms with Crippen LogP contribution in [-0.2, 0) is 35.7 Å². The lowest BCUT2D eigenvalue weighted by molar-refractivity contribution is -0.141. The molecule has 0 aliphatic heterocycles. The lowest BCUT2D eigenvalue weighted by atomic mass is 9.99. The number of halogens is 5. The van der Waals surface area contributed by atoms with Crippen LogP contribution in [0, 0.1) is 0 Å². The third-order valence-electron chi connectivity index (χ3n) is 6.82. The van der Waals surface area contributed by atoms with Crippen molar-refractivity contribution in [2.75, 3.05) is 0 Å². The first kappa shape index (κ1) is 32.1. The van der Waals surface area contributed by atoms with Crippen molar-refractivity contribution in [3.63, 3.8) is 0 Å². The average Bonchev–Trinajstić information content (AvgIpc) is 3.33. The zero-order valence-corrected chi connectivity index (χ0v) is 24.0. The van der Waals surface area contributed by atoms with Gasteiger partial charge in [-0.3, -0.25) is 0 Å². The minimum atomic E-state index is -4.74. The molecule has 4 aromatic rings. The lowest BCUT2D eigenvalue weighted by Crippen LogP contribution is -2.25. The minimum Gasteiger partial charge on any atom is -0.435 e. The monoisotopic (exact) mass is 622 g/mol. The Morgan fingerprint density at radius 3 is 2.19 bits per heavy atom. The van der Waals surface area contributed by atoms with Crippen LogP contribution in [0.5, 0.6) is 5.75 Å². The summed E-state index contributed by atoms with van der Waals surface area (Å²) >= 11 is 0. The molecular formula is C30H31F5N4O3S. The summed E-state index contributed by atoms with van der Waals surface area (Å²) in [6.45, 7) is -0.625. The number of aromatic nitrogens is 2. The molecule has 1 heterocycles. The number of ether oxygens (including phenoxy) is 1. The van der Waals surface area contributed by atoms with E-state index < -0.39 is 34.5 Å². The standard InChI is InChI=1S/C30H31F5N4O3S/c1-2-3-17-39-26(27(30(33,34)35)38-28(39)22-7-5-4-6-8-22)18-25(21-11-13-23(14-12-21)42-29(31)32)37-19-20-9-15-24(16-10-20)43(36,40)41/h4-16,25,29,37H,2-3,17-19H2,1H3,(H2,36,40,41). The van der Waals surface area contributed by atoms with Gasteiger partial charge in [-0.25, -0.2) is 18.5 Å². The number of imidazole rings is 1. The molecule has 1 unspecified atom stereocenters. The number of hydrogen-bond acceptors (Lipinski definition) is 5. The molecular weight excluding hydrogens is 591 g/mol. The highest BCUT2D eigenvalue weighted by Gasteiger charge is 2.39. The van der Waals surface area contributed by atoms with Crippen molar-refractivity contribution < 1.29 is 35.1 Å². The van der Waals surface area contributed by atoms with E-state index in [-0.39, 0.29) is 35.1 Å². The second-order valence-corrected chi connectivity index (χ2v) is 11.4. The number of primary sulfonamides is 1. The van der Waals surface area contributed by atoms with E-state index in [0.29, 0.717) is 29.7 Å².